The number of pyridine rings is 1. The summed E-state index contributed by atoms with van der Waals surface area (Å²) in [5.41, 5.74) is 6.36. The van der Waals surface area contributed by atoms with Gasteiger partial charge in [0.1, 0.15) is 0 Å². The van der Waals surface area contributed by atoms with E-state index in [9.17, 15) is 0 Å². The van der Waals surface area contributed by atoms with E-state index in [0.29, 0.717) is 6.04 Å². The monoisotopic (exact) mass is 254 g/mol. The molecule has 1 aromatic carbocycles. The van der Waals surface area contributed by atoms with E-state index >= 15 is 0 Å². The highest BCUT2D eigenvalue weighted by atomic mass is 14.9. The van der Waals surface area contributed by atoms with Crippen molar-refractivity contribution in [1.29, 1.82) is 0 Å². The predicted octanol–water partition coefficient (Wildman–Crippen LogP) is 3.86. The first-order chi connectivity index (χ1) is 9.08. The van der Waals surface area contributed by atoms with E-state index < -0.39 is 0 Å². The van der Waals surface area contributed by atoms with E-state index in [1.165, 1.54) is 27.8 Å². The van der Waals surface area contributed by atoms with Gasteiger partial charge in [-0.15, -0.1) is 0 Å². The molecule has 0 atom stereocenters. The summed E-state index contributed by atoms with van der Waals surface area (Å²) in [6, 6.07) is 9.14. The van der Waals surface area contributed by atoms with Gasteiger partial charge in [-0.2, -0.15) is 0 Å². The number of aryl methyl sites for hydroxylation is 1. The molecule has 0 saturated heterocycles. The standard InChI is InChI=1S/C17H22N2/c1-12(2)19-10-15-8-16(11-18-9-15)17-7-5-6-13(3)14(17)4/h5-9,11-12,19H,10H2,1-4H3. The minimum absolute atomic E-state index is 0.490. The summed E-state index contributed by atoms with van der Waals surface area (Å²) < 4.78 is 0. The Kier molecular flexibility index (Phi) is 4.33. The van der Waals surface area contributed by atoms with Gasteiger partial charge in [-0.05, 0) is 42.2 Å². The van der Waals surface area contributed by atoms with Gasteiger partial charge in [0.2, 0.25) is 0 Å². The van der Waals surface area contributed by atoms with Gasteiger partial charge >= 0.3 is 0 Å². The molecule has 2 aromatic rings. The van der Waals surface area contributed by atoms with Crippen LogP contribution in [0, 0.1) is 13.8 Å². The first kappa shape index (κ1) is 13.8. The van der Waals surface area contributed by atoms with Crippen LogP contribution in [0.5, 0.6) is 0 Å². The van der Waals surface area contributed by atoms with Crippen molar-refractivity contribution in [3.8, 4) is 11.1 Å². The minimum atomic E-state index is 0.490. The lowest BCUT2D eigenvalue weighted by molar-refractivity contribution is 0.588. The lowest BCUT2D eigenvalue weighted by Gasteiger charge is -2.11. The zero-order valence-corrected chi connectivity index (χ0v) is 12.2. The highest BCUT2D eigenvalue weighted by Crippen LogP contribution is 2.25. The second kappa shape index (κ2) is 5.98. The molecule has 0 spiro atoms. The van der Waals surface area contributed by atoms with Crippen LogP contribution in [0.15, 0.2) is 36.7 Å². The molecule has 0 aliphatic rings. The molecule has 0 fully saturated rings. The molecule has 0 unspecified atom stereocenters. The summed E-state index contributed by atoms with van der Waals surface area (Å²) in [4.78, 5) is 4.37. The number of nitrogens with one attached hydrogen (secondary N) is 1. The third kappa shape index (κ3) is 3.42. The minimum Gasteiger partial charge on any atom is -0.310 e. The van der Waals surface area contributed by atoms with Crippen LogP contribution in [-0.4, -0.2) is 11.0 Å². The lowest BCUT2D eigenvalue weighted by Crippen LogP contribution is -2.21. The largest absolute Gasteiger partial charge is 0.310 e. The molecule has 1 N–H and O–H groups in total. The molecule has 0 aliphatic carbocycles. The van der Waals surface area contributed by atoms with Crippen LogP contribution >= 0.6 is 0 Å². The third-order valence-electron chi connectivity index (χ3n) is 3.42. The SMILES string of the molecule is Cc1cccc(-c2cncc(CNC(C)C)c2)c1C. The van der Waals surface area contributed by atoms with Gasteiger partial charge < -0.3 is 5.32 Å². The fourth-order valence-corrected chi connectivity index (χ4v) is 2.12. The maximum absolute atomic E-state index is 4.37. The summed E-state index contributed by atoms with van der Waals surface area (Å²) in [7, 11) is 0. The molecule has 0 bridgehead atoms. The van der Waals surface area contributed by atoms with Crippen molar-refractivity contribution >= 4 is 0 Å². The lowest BCUT2D eigenvalue weighted by atomic mass is 9.97. The van der Waals surface area contributed by atoms with E-state index in [1.807, 2.05) is 12.4 Å². The molecular weight excluding hydrogens is 232 g/mol. The van der Waals surface area contributed by atoms with Crippen molar-refractivity contribution in [3.63, 3.8) is 0 Å². The highest BCUT2D eigenvalue weighted by molar-refractivity contribution is 5.68. The van der Waals surface area contributed by atoms with Gasteiger partial charge in [0.05, 0.1) is 0 Å². The Morgan fingerprint density at radius 3 is 2.68 bits per heavy atom. The molecule has 19 heavy (non-hydrogen) atoms. The van der Waals surface area contributed by atoms with Crippen molar-refractivity contribution in [2.45, 2.75) is 40.3 Å². The molecule has 2 heteroatoms. The molecule has 2 nitrogen and oxygen atoms in total. The van der Waals surface area contributed by atoms with Crippen LogP contribution in [0.25, 0.3) is 11.1 Å². The van der Waals surface area contributed by atoms with Crippen LogP contribution in [-0.2, 0) is 6.54 Å². The molecule has 1 heterocycles. The molecule has 0 amide bonds. The predicted molar refractivity (Wildman–Crippen MR) is 81.1 cm³/mol. The van der Waals surface area contributed by atoms with Crippen LogP contribution in [0.1, 0.15) is 30.5 Å². The third-order valence-corrected chi connectivity index (χ3v) is 3.42. The number of aromatic nitrogens is 1. The van der Waals surface area contributed by atoms with Crippen molar-refractivity contribution in [2.75, 3.05) is 0 Å². The average Bonchev–Trinajstić information content (AvgIpc) is 2.40. The van der Waals surface area contributed by atoms with Crippen molar-refractivity contribution in [3.05, 3.63) is 53.3 Å². The summed E-state index contributed by atoms with van der Waals surface area (Å²) >= 11 is 0. The van der Waals surface area contributed by atoms with Gasteiger partial charge in [-0.1, -0.05) is 32.0 Å². The van der Waals surface area contributed by atoms with Gasteiger partial charge in [0.25, 0.3) is 0 Å². The summed E-state index contributed by atoms with van der Waals surface area (Å²) in [5.74, 6) is 0. The van der Waals surface area contributed by atoms with Gasteiger partial charge in [-0.25, -0.2) is 0 Å². The molecule has 0 radical (unpaired) electrons. The second-order valence-corrected chi connectivity index (χ2v) is 5.36. The van der Waals surface area contributed by atoms with Crippen molar-refractivity contribution < 1.29 is 0 Å². The summed E-state index contributed by atoms with van der Waals surface area (Å²) in [6.45, 7) is 9.49. The zero-order chi connectivity index (χ0) is 13.8. The molecule has 0 aliphatic heterocycles. The molecular formula is C17H22N2. The molecule has 0 saturated carbocycles. The van der Waals surface area contributed by atoms with Crippen LogP contribution in [0.3, 0.4) is 0 Å². The first-order valence-corrected chi connectivity index (χ1v) is 6.82. The normalized spacial score (nSPS) is 11.0. The molecule has 100 valence electrons. The average molecular weight is 254 g/mol. The van der Waals surface area contributed by atoms with Crippen LogP contribution in [0.4, 0.5) is 0 Å². The zero-order valence-electron chi connectivity index (χ0n) is 12.2. The van der Waals surface area contributed by atoms with E-state index in [1.54, 1.807) is 0 Å². The topological polar surface area (TPSA) is 24.9 Å². The number of nitrogens with zero attached hydrogens (tertiary/aromatic N) is 1. The first-order valence-electron chi connectivity index (χ1n) is 6.82. The number of benzene rings is 1. The maximum Gasteiger partial charge on any atom is 0.0346 e. The molecule has 2 rings (SSSR count). The Morgan fingerprint density at radius 1 is 1.16 bits per heavy atom. The summed E-state index contributed by atoms with van der Waals surface area (Å²) in [5, 5.41) is 3.43. The maximum atomic E-state index is 4.37. The Balaban J connectivity index is 2.30. The Morgan fingerprint density at radius 2 is 1.95 bits per heavy atom. The number of hydrogen-bond acceptors (Lipinski definition) is 2. The second-order valence-electron chi connectivity index (χ2n) is 5.36. The van der Waals surface area contributed by atoms with Crippen LogP contribution in [0.2, 0.25) is 0 Å². The van der Waals surface area contributed by atoms with Gasteiger partial charge in [0, 0.05) is 30.5 Å². The van der Waals surface area contributed by atoms with Crippen molar-refractivity contribution in [1.82, 2.24) is 10.3 Å². The fraction of sp³-hybridized carbons (Fsp3) is 0.353. The van der Waals surface area contributed by atoms with E-state index in [0.717, 1.165) is 6.54 Å². The smallest absolute Gasteiger partial charge is 0.0346 e. The highest BCUT2D eigenvalue weighted by Gasteiger charge is 2.05. The van der Waals surface area contributed by atoms with Gasteiger partial charge in [0.15, 0.2) is 0 Å². The Labute approximate surface area is 115 Å². The Hall–Kier alpha value is -1.67. The van der Waals surface area contributed by atoms with E-state index in [-0.39, 0.29) is 0 Å². The molecule has 1 aromatic heterocycles. The van der Waals surface area contributed by atoms with E-state index in [2.05, 4.69) is 62.3 Å². The fourth-order valence-electron chi connectivity index (χ4n) is 2.12. The van der Waals surface area contributed by atoms with Gasteiger partial charge in [-0.3, -0.25) is 4.98 Å². The number of rotatable bonds is 4. The van der Waals surface area contributed by atoms with Crippen LogP contribution < -0.4 is 5.32 Å². The van der Waals surface area contributed by atoms with Crippen molar-refractivity contribution in [2.24, 2.45) is 0 Å². The quantitative estimate of drug-likeness (QED) is 0.896. The summed E-state index contributed by atoms with van der Waals surface area (Å²) in [6.07, 6.45) is 3.88. The number of hydrogen-bond donors (Lipinski definition) is 1. The Bertz CT molecular complexity index is 559. The van der Waals surface area contributed by atoms with E-state index in [4.69, 9.17) is 0 Å².